The number of rotatable bonds is 6. The topological polar surface area (TPSA) is 108 Å². The minimum atomic E-state index is -0.904. The van der Waals surface area contributed by atoms with Gasteiger partial charge >= 0.3 is 12.0 Å². The molecule has 2 rings (SSSR count). The van der Waals surface area contributed by atoms with Crippen LogP contribution in [-0.2, 0) is 9.59 Å². The van der Waals surface area contributed by atoms with Gasteiger partial charge in [0.2, 0.25) is 5.91 Å². The van der Waals surface area contributed by atoms with Crippen molar-refractivity contribution in [3.05, 3.63) is 24.3 Å². The number of aliphatic carboxylic acids is 1. The lowest BCUT2D eigenvalue weighted by atomic mass is 10.1. The van der Waals surface area contributed by atoms with Gasteiger partial charge in [-0.1, -0.05) is 0 Å². The molecule has 0 radical (unpaired) electrons. The lowest BCUT2D eigenvalue weighted by Crippen LogP contribution is -2.42. The molecule has 8 nitrogen and oxygen atoms in total. The molecule has 1 aliphatic rings. The van der Waals surface area contributed by atoms with Gasteiger partial charge in [-0.2, -0.15) is 0 Å². The predicted molar refractivity (Wildman–Crippen MR) is 87.0 cm³/mol. The van der Waals surface area contributed by atoms with Crippen LogP contribution in [0.1, 0.15) is 13.3 Å². The fourth-order valence-electron chi connectivity index (χ4n) is 2.42. The van der Waals surface area contributed by atoms with Crippen LogP contribution in [0.4, 0.5) is 10.5 Å². The number of hydrogen-bond donors (Lipinski definition) is 3. The van der Waals surface area contributed by atoms with Crippen LogP contribution in [0.5, 0.6) is 5.75 Å². The largest absolute Gasteiger partial charge is 0.494 e. The number of ether oxygens (including phenoxy) is 1. The number of nitrogens with one attached hydrogen (secondary N) is 2. The van der Waals surface area contributed by atoms with E-state index < -0.39 is 17.9 Å². The molecule has 0 aliphatic carbocycles. The Balaban J connectivity index is 1.74. The van der Waals surface area contributed by atoms with Gasteiger partial charge in [0, 0.05) is 18.8 Å². The third-order valence-corrected chi connectivity index (χ3v) is 3.67. The first-order valence-corrected chi connectivity index (χ1v) is 7.78. The third-order valence-electron chi connectivity index (χ3n) is 3.67. The molecule has 0 aromatic heterocycles. The summed E-state index contributed by atoms with van der Waals surface area (Å²) in [5.41, 5.74) is 0.602. The molecule has 0 saturated carbocycles. The minimum absolute atomic E-state index is 0.168. The van der Waals surface area contributed by atoms with Crippen molar-refractivity contribution in [3.63, 3.8) is 0 Å². The highest BCUT2D eigenvalue weighted by Gasteiger charge is 2.30. The van der Waals surface area contributed by atoms with Crippen molar-refractivity contribution in [3.8, 4) is 5.75 Å². The number of urea groups is 1. The minimum Gasteiger partial charge on any atom is -0.494 e. The molecule has 1 aromatic rings. The molecule has 1 unspecified atom stereocenters. The standard InChI is InChI=1S/C16H21N3O5/c1-2-24-13-5-3-12(4-6-13)18-14(20)9-17-16(23)19-8-7-11(10-19)15(21)22/h3-6,11H,2,7-10H2,1H3,(H,17,23)(H,18,20)(H,21,22). The lowest BCUT2D eigenvalue weighted by molar-refractivity contribution is -0.141. The maximum absolute atomic E-state index is 11.9. The zero-order valence-corrected chi connectivity index (χ0v) is 13.4. The van der Waals surface area contributed by atoms with Gasteiger partial charge in [0.1, 0.15) is 5.75 Å². The maximum atomic E-state index is 11.9. The van der Waals surface area contributed by atoms with E-state index in [0.29, 0.717) is 31.0 Å². The van der Waals surface area contributed by atoms with Crippen LogP contribution in [0, 0.1) is 5.92 Å². The fraction of sp³-hybridized carbons (Fsp3) is 0.438. The molecule has 1 saturated heterocycles. The number of carbonyl (C=O) groups excluding carboxylic acids is 2. The van der Waals surface area contributed by atoms with Crippen molar-refractivity contribution in [2.45, 2.75) is 13.3 Å². The number of amides is 3. The average molecular weight is 335 g/mol. The van der Waals surface area contributed by atoms with Crippen molar-refractivity contribution in [1.29, 1.82) is 0 Å². The highest BCUT2D eigenvalue weighted by atomic mass is 16.5. The first-order chi connectivity index (χ1) is 11.5. The SMILES string of the molecule is CCOc1ccc(NC(=O)CNC(=O)N2CCC(C(=O)O)C2)cc1. The molecule has 130 valence electrons. The Hall–Kier alpha value is -2.77. The monoisotopic (exact) mass is 335 g/mol. The second-order valence-corrected chi connectivity index (χ2v) is 5.43. The van der Waals surface area contributed by atoms with E-state index in [1.54, 1.807) is 24.3 Å². The van der Waals surface area contributed by atoms with Crippen LogP contribution in [0.2, 0.25) is 0 Å². The fourth-order valence-corrected chi connectivity index (χ4v) is 2.42. The Morgan fingerprint density at radius 3 is 2.58 bits per heavy atom. The zero-order chi connectivity index (χ0) is 17.5. The Kier molecular flexibility index (Phi) is 6.00. The molecule has 0 bridgehead atoms. The Labute approximate surface area is 139 Å². The van der Waals surface area contributed by atoms with Crippen LogP contribution < -0.4 is 15.4 Å². The summed E-state index contributed by atoms with van der Waals surface area (Å²) in [5, 5.41) is 14.1. The number of likely N-dealkylation sites (tertiary alicyclic amines) is 1. The molecule has 1 aromatic carbocycles. The summed E-state index contributed by atoms with van der Waals surface area (Å²) in [6.07, 6.45) is 0.432. The Morgan fingerprint density at radius 1 is 1.29 bits per heavy atom. The molecule has 3 amide bonds. The molecule has 1 atom stereocenters. The van der Waals surface area contributed by atoms with Crippen molar-refractivity contribution in [1.82, 2.24) is 10.2 Å². The molecule has 3 N–H and O–H groups in total. The van der Waals surface area contributed by atoms with Crippen molar-refractivity contribution < 1.29 is 24.2 Å². The van der Waals surface area contributed by atoms with E-state index >= 15 is 0 Å². The number of benzene rings is 1. The van der Waals surface area contributed by atoms with E-state index in [9.17, 15) is 14.4 Å². The number of hydrogen-bond acceptors (Lipinski definition) is 4. The van der Waals surface area contributed by atoms with Crippen molar-refractivity contribution in [2.24, 2.45) is 5.92 Å². The quantitative estimate of drug-likeness (QED) is 0.722. The number of carbonyl (C=O) groups is 3. The normalized spacial score (nSPS) is 16.5. The Morgan fingerprint density at radius 2 is 2.00 bits per heavy atom. The second-order valence-electron chi connectivity index (χ2n) is 5.43. The summed E-state index contributed by atoms with van der Waals surface area (Å²) in [6, 6.07) is 6.48. The van der Waals surface area contributed by atoms with E-state index in [1.807, 2.05) is 6.92 Å². The highest BCUT2D eigenvalue weighted by Crippen LogP contribution is 2.16. The highest BCUT2D eigenvalue weighted by molar-refractivity contribution is 5.94. The molecular weight excluding hydrogens is 314 g/mol. The van der Waals surface area contributed by atoms with E-state index in [2.05, 4.69) is 10.6 Å². The summed E-state index contributed by atoms with van der Waals surface area (Å²) in [5.74, 6) is -1.08. The predicted octanol–water partition coefficient (Wildman–Crippen LogP) is 1.14. The van der Waals surface area contributed by atoms with E-state index in [-0.39, 0.29) is 19.0 Å². The second kappa shape index (κ2) is 8.19. The molecule has 24 heavy (non-hydrogen) atoms. The molecule has 1 fully saturated rings. The maximum Gasteiger partial charge on any atom is 0.317 e. The summed E-state index contributed by atoms with van der Waals surface area (Å²) >= 11 is 0. The number of carboxylic acids is 1. The third kappa shape index (κ3) is 4.87. The average Bonchev–Trinajstić information content (AvgIpc) is 3.05. The Bertz CT molecular complexity index is 602. The van der Waals surface area contributed by atoms with Gasteiger partial charge in [-0.05, 0) is 37.6 Å². The van der Waals surface area contributed by atoms with Crippen LogP contribution in [0.3, 0.4) is 0 Å². The van der Waals surface area contributed by atoms with E-state index in [4.69, 9.17) is 9.84 Å². The van der Waals surface area contributed by atoms with Crippen LogP contribution in [0.15, 0.2) is 24.3 Å². The molecular formula is C16H21N3O5. The van der Waals surface area contributed by atoms with Gasteiger partial charge in [-0.25, -0.2) is 4.79 Å². The van der Waals surface area contributed by atoms with Crippen molar-refractivity contribution >= 4 is 23.6 Å². The number of nitrogens with zero attached hydrogens (tertiary/aromatic N) is 1. The number of anilines is 1. The summed E-state index contributed by atoms with van der Waals surface area (Å²) in [4.78, 5) is 36.0. The van der Waals surface area contributed by atoms with Crippen LogP contribution in [-0.4, -0.2) is 54.2 Å². The van der Waals surface area contributed by atoms with Crippen molar-refractivity contribution in [2.75, 3.05) is 31.6 Å². The van der Waals surface area contributed by atoms with Gasteiger partial charge in [0.15, 0.2) is 0 Å². The first kappa shape index (κ1) is 17.6. The summed E-state index contributed by atoms with van der Waals surface area (Å²) < 4.78 is 5.31. The molecule has 0 spiro atoms. The van der Waals surface area contributed by atoms with Gasteiger partial charge in [-0.15, -0.1) is 0 Å². The first-order valence-electron chi connectivity index (χ1n) is 7.78. The number of carboxylic acid groups (broad SMARTS) is 1. The van der Waals surface area contributed by atoms with E-state index in [0.717, 1.165) is 0 Å². The molecule has 1 aliphatic heterocycles. The van der Waals surface area contributed by atoms with Gasteiger partial charge < -0.3 is 25.4 Å². The van der Waals surface area contributed by atoms with Crippen LogP contribution in [0.25, 0.3) is 0 Å². The smallest absolute Gasteiger partial charge is 0.317 e. The zero-order valence-electron chi connectivity index (χ0n) is 13.4. The van der Waals surface area contributed by atoms with Gasteiger partial charge in [-0.3, -0.25) is 9.59 Å². The van der Waals surface area contributed by atoms with E-state index in [1.165, 1.54) is 4.90 Å². The van der Waals surface area contributed by atoms with Crippen LogP contribution >= 0.6 is 0 Å². The molecule has 1 heterocycles. The molecule has 8 heteroatoms. The van der Waals surface area contributed by atoms with Gasteiger partial charge in [0.05, 0.1) is 19.1 Å². The summed E-state index contributed by atoms with van der Waals surface area (Å²) in [7, 11) is 0. The summed E-state index contributed by atoms with van der Waals surface area (Å²) in [6.45, 7) is 2.82. The van der Waals surface area contributed by atoms with Gasteiger partial charge in [0.25, 0.3) is 0 Å². The lowest BCUT2D eigenvalue weighted by Gasteiger charge is -2.16.